The molecule has 2 aromatic carbocycles. The molecule has 2 fully saturated rings. The molecule has 1 aliphatic carbocycles. The Morgan fingerprint density at radius 1 is 1.06 bits per heavy atom. The van der Waals surface area contributed by atoms with Crippen molar-refractivity contribution in [3.8, 4) is 5.75 Å². The second-order valence-corrected chi connectivity index (χ2v) is 9.27. The lowest BCUT2D eigenvalue weighted by atomic mass is 9.84. The lowest BCUT2D eigenvalue weighted by molar-refractivity contribution is -0.128. The van der Waals surface area contributed by atoms with Crippen LogP contribution in [0.25, 0.3) is 0 Å². The van der Waals surface area contributed by atoms with E-state index in [0.717, 1.165) is 68.6 Å². The van der Waals surface area contributed by atoms with Crippen LogP contribution in [0.1, 0.15) is 49.3 Å². The van der Waals surface area contributed by atoms with Crippen molar-refractivity contribution >= 4 is 11.8 Å². The molecule has 0 radical (unpaired) electrons. The SMILES string of the molecule is COc1ccc(CC(=O)N[C@@H]2CCN(CCC(NC(=O)C3CCC3)c3ccccc3)C2)cc1. The standard InChI is InChI=1S/C27H35N3O3/c1-33-24-12-10-20(11-13-24)18-26(31)28-23-14-16-30(19-23)17-15-25(21-6-3-2-4-7-21)29-27(32)22-8-5-9-22/h2-4,6-7,10-13,22-23,25H,5,8-9,14-19H2,1H3,(H,28,31)(H,29,32)/t23-,25?/m1/s1. The molecule has 176 valence electrons. The third-order valence-electron chi connectivity index (χ3n) is 6.89. The summed E-state index contributed by atoms with van der Waals surface area (Å²) in [4.78, 5) is 27.5. The number of carbonyl (C=O) groups is 2. The summed E-state index contributed by atoms with van der Waals surface area (Å²) in [6.07, 6.45) is 5.39. The minimum Gasteiger partial charge on any atom is -0.497 e. The number of benzene rings is 2. The normalized spacial score (nSPS) is 19.5. The van der Waals surface area contributed by atoms with Gasteiger partial charge in [-0.05, 0) is 48.9 Å². The topological polar surface area (TPSA) is 70.7 Å². The highest BCUT2D eigenvalue weighted by Crippen LogP contribution is 2.28. The molecule has 2 aliphatic rings. The van der Waals surface area contributed by atoms with Crippen LogP contribution in [0.5, 0.6) is 5.75 Å². The Balaban J connectivity index is 1.24. The highest BCUT2D eigenvalue weighted by molar-refractivity contribution is 5.80. The molecule has 1 saturated heterocycles. The van der Waals surface area contributed by atoms with Gasteiger partial charge in [-0.2, -0.15) is 0 Å². The van der Waals surface area contributed by atoms with Gasteiger partial charge in [0.05, 0.1) is 19.6 Å². The number of nitrogens with one attached hydrogen (secondary N) is 2. The maximum absolute atomic E-state index is 12.6. The van der Waals surface area contributed by atoms with Crippen LogP contribution in [-0.4, -0.2) is 49.5 Å². The molecule has 2 amide bonds. The van der Waals surface area contributed by atoms with E-state index in [1.165, 1.54) is 0 Å². The van der Waals surface area contributed by atoms with Crippen LogP contribution in [0, 0.1) is 5.92 Å². The zero-order valence-corrected chi connectivity index (χ0v) is 19.5. The zero-order chi connectivity index (χ0) is 23.0. The molecule has 2 atom stereocenters. The first-order chi connectivity index (χ1) is 16.1. The minimum absolute atomic E-state index is 0.0306. The van der Waals surface area contributed by atoms with Gasteiger partial charge in [0.15, 0.2) is 0 Å². The first-order valence-corrected chi connectivity index (χ1v) is 12.1. The fourth-order valence-electron chi connectivity index (χ4n) is 4.64. The Morgan fingerprint density at radius 2 is 1.82 bits per heavy atom. The highest BCUT2D eigenvalue weighted by Gasteiger charge is 2.28. The van der Waals surface area contributed by atoms with Gasteiger partial charge in [0.25, 0.3) is 0 Å². The van der Waals surface area contributed by atoms with E-state index in [0.29, 0.717) is 6.42 Å². The molecule has 1 saturated carbocycles. The molecule has 0 spiro atoms. The van der Waals surface area contributed by atoms with Crippen molar-refractivity contribution in [2.45, 2.75) is 50.6 Å². The largest absolute Gasteiger partial charge is 0.497 e. The fourth-order valence-corrected chi connectivity index (χ4v) is 4.64. The molecule has 1 heterocycles. The number of ether oxygens (including phenoxy) is 1. The first-order valence-electron chi connectivity index (χ1n) is 12.1. The summed E-state index contributed by atoms with van der Waals surface area (Å²) in [5.74, 6) is 1.23. The quantitative estimate of drug-likeness (QED) is 0.583. The number of rotatable bonds is 10. The molecular formula is C27H35N3O3. The predicted molar refractivity (Wildman–Crippen MR) is 129 cm³/mol. The van der Waals surface area contributed by atoms with Gasteiger partial charge in [-0.25, -0.2) is 0 Å². The van der Waals surface area contributed by atoms with Gasteiger partial charge in [0, 0.05) is 31.6 Å². The van der Waals surface area contributed by atoms with Crippen LogP contribution >= 0.6 is 0 Å². The molecule has 6 nitrogen and oxygen atoms in total. The van der Waals surface area contributed by atoms with E-state index >= 15 is 0 Å². The van der Waals surface area contributed by atoms with Crippen molar-refractivity contribution in [1.29, 1.82) is 0 Å². The molecule has 2 N–H and O–H groups in total. The molecule has 1 aliphatic heterocycles. The second-order valence-electron chi connectivity index (χ2n) is 9.27. The molecular weight excluding hydrogens is 414 g/mol. The maximum Gasteiger partial charge on any atom is 0.224 e. The summed E-state index contributed by atoms with van der Waals surface area (Å²) < 4.78 is 5.17. The van der Waals surface area contributed by atoms with E-state index < -0.39 is 0 Å². The molecule has 0 aromatic heterocycles. The summed E-state index contributed by atoms with van der Waals surface area (Å²) in [6.45, 7) is 2.72. The molecule has 33 heavy (non-hydrogen) atoms. The third-order valence-corrected chi connectivity index (χ3v) is 6.89. The number of nitrogens with zero attached hydrogens (tertiary/aromatic N) is 1. The number of amides is 2. The summed E-state index contributed by atoms with van der Waals surface area (Å²) in [5.41, 5.74) is 2.14. The lowest BCUT2D eigenvalue weighted by Gasteiger charge is -2.28. The van der Waals surface area contributed by atoms with Crippen molar-refractivity contribution in [3.05, 3.63) is 65.7 Å². The Kier molecular flexibility index (Phi) is 8.00. The molecule has 0 bridgehead atoms. The van der Waals surface area contributed by atoms with Crippen molar-refractivity contribution in [3.63, 3.8) is 0 Å². The van der Waals surface area contributed by atoms with Gasteiger partial charge < -0.3 is 20.3 Å². The highest BCUT2D eigenvalue weighted by atomic mass is 16.5. The van der Waals surface area contributed by atoms with Crippen LogP contribution in [0.4, 0.5) is 0 Å². The van der Waals surface area contributed by atoms with Gasteiger partial charge in [0.2, 0.25) is 11.8 Å². The van der Waals surface area contributed by atoms with Gasteiger partial charge in [-0.1, -0.05) is 48.9 Å². The number of hydrogen-bond acceptors (Lipinski definition) is 4. The monoisotopic (exact) mass is 449 g/mol. The summed E-state index contributed by atoms with van der Waals surface area (Å²) in [5, 5.41) is 6.48. The van der Waals surface area contributed by atoms with Crippen LogP contribution < -0.4 is 15.4 Å². The van der Waals surface area contributed by atoms with E-state index in [2.05, 4.69) is 27.7 Å². The lowest BCUT2D eigenvalue weighted by Crippen LogP contribution is -2.39. The van der Waals surface area contributed by atoms with Crippen molar-refractivity contribution in [2.75, 3.05) is 26.7 Å². The first kappa shape index (κ1) is 23.3. The number of hydrogen-bond donors (Lipinski definition) is 2. The average Bonchev–Trinajstić information content (AvgIpc) is 3.23. The average molecular weight is 450 g/mol. The van der Waals surface area contributed by atoms with E-state index in [1.807, 2.05) is 42.5 Å². The van der Waals surface area contributed by atoms with Gasteiger partial charge in [-0.15, -0.1) is 0 Å². The van der Waals surface area contributed by atoms with E-state index in [9.17, 15) is 9.59 Å². The Bertz CT molecular complexity index is 912. The van der Waals surface area contributed by atoms with Crippen molar-refractivity contribution in [1.82, 2.24) is 15.5 Å². The second kappa shape index (κ2) is 11.3. The fraction of sp³-hybridized carbons (Fsp3) is 0.481. The molecule has 6 heteroatoms. The van der Waals surface area contributed by atoms with Gasteiger partial charge in [-0.3, -0.25) is 9.59 Å². The third kappa shape index (κ3) is 6.57. The Hall–Kier alpha value is -2.86. The molecule has 2 aromatic rings. The van der Waals surface area contributed by atoms with E-state index in [4.69, 9.17) is 4.74 Å². The maximum atomic E-state index is 12.6. The number of likely N-dealkylation sites (tertiary alicyclic amines) is 1. The van der Waals surface area contributed by atoms with E-state index in [-0.39, 0.29) is 29.8 Å². The number of carbonyl (C=O) groups excluding carboxylic acids is 2. The van der Waals surface area contributed by atoms with Crippen LogP contribution in [0.3, 0.4) is 0 Å². The summed E-state index contributed by atoms with van der Waals surface area (Å²) in [7, 11) is 1.64. The molecule has 4 rings (SSSR count). The predicted octanol–water partition coefficient (Wildman–Crippen LogP) is 3.48. The van der Waals surface area contributed by atoms with Crippen LogP contribution in [0.2, 0.25) is 0 Å². The summed E-state index contributed by atoms with van der Waals surface area (Å²) in [6, 6.07) is 18.1. The number of methoxy groups -OCH3 is 1. The zero-order valence-electron chi connectivity index (χ0n) is 19.5. The van der Waals surface area contributed by atoms with Crippen LogP contribution in [0.15, 0.2) is 54.6 Å². The molecule has 1 unspecified atom stereocenters. The Morgan fingerprint density at radius 3 is 2.48 bits per heavy atom. The smallest absolute Gasteiger partial charge is 0.224 e. The van der Waals surface area contributed by atoms with Gasteiger partial charge in [0.1, 0.15) is 5.75 Å². The van der Waals surface area contributed by atoms with E-state index in [1.54, 1.807) is 7.11 Å². The Labute approximate surface area is 196 Å². The van der Waals surface area contributed by atoms with Crippen LogP contribution in [-0.2, 0) is 16.0 Å². The summed E-state index contributed by atoms with van der Waals surface area (Å²) >= 11 is 0. The van der Waals surface area contributed by atoms with Crippen molar-refractivity contribution < 1.29 is 14.3 Å². The van der Waals surface area contributed by atoms with Crippen molar-refractivity contribution in [2.24, 2.45) is 5.92 Å². The van der Waals surface area contributed by atoms with Gasteiger partial charge >= 0.3 is 0 Å². The minimum atomic E-state index is 0.0306.